The molecule has 2 atom stereocenters. The van der Waals surface area contributed by atoms with Crippen LogP contribution >= 0.6 is 11.6 Å². The lowest BCUT2D eigenvalue weighted by molar-refractivity contribution is -0.129. The van der Waals surface area contributed by atoms with Crippen LogP contribution in [0.3, 0.4) is 0 Å². The molecule has 1 aromatic rings. The first-order valence-corrected chi connectivity index (χ1v) is 6.30. The summed E-state index contributed by atoms with van der Waals surface area (Å²) in [6, 6.07) is 7.78. The molecule has 0 aliphatic carbocycles. The minimum Gasteiger partial charge on any atom is -0.334 e. The van der Waals surface area contributed by atoms with E-state index in [-0.39, 0.29) is 18.0 Å². The number of hydrogen-bond donors (Lipinski definition) is 1. The van der Waals surface area contributed by atoms with E-state index >= 15 is 0 Å². The second-order valence-electron chi connectivity index (χ2n) is 4.49. The molecule has 0 aromatic heterocycles. The van der Waals surface area contributed by atoms with Crippen molar-refractivity contribution in [2.24, 2.45) is 5.73 Å². The topological polar surface area (TPSA) is 46.3 Å². The smallest absolute Gasteiger partial charge is 0.224 e. The van der Waals surface area contributed by atoms with Gasteiger partial charge in [-0.3, -0.25) is 4.79 Å². The third-order valence-corrected chi connectivity index (χ3v) is 3.46. The van der Waals surface area contributed by atoms with Crippen LogP contribution in [0, 0.1) is 0 Å². The van der Waals surface area contributed by atoms with Crippen LogP contribution in [0.1, 0.15) is 31.4 Å². The zero-order chi connectivity index (χ0) is 12.4. The Bertz CT molecular complexity index is 404. The molecule has 1 heterocycles. The summed E-state index contributed by atoms with van der Waals surface area (Å²) >= 11 is 5.87. The maximum Gasteiger partial charge on any atom is 0.224 e. The summed E-state index contributed by atoms with van der Waals surface area (Å²) in [5, 5.41) is 0.716. The first-order chi connectivity index (χ1) is 8.11. The van der Waals surface area contributed by atoms with Crippen LogP contribution in [0.5, 0.6) is 0 Å². The number of rotatable bonds is 3. The Hall–Kier alpha value is -1.06. The standard InChI is InChI=1S/C13H17ClN2O/c1-2-12(9-3-5-10(14)6-4-9)16-8-11(15)7-13(16)17/h3-6,11-12H,2,7-8,15H2,1H3. The molecule has 17 heavy (non-hydrogen) atoms. The number of hydrogen-bond acceptors (Lipinski definition) is 2. The van der Waals surface area contributed by atoms with E-state index in [2.05, 4.69) is 6.92 Å². The second kappa shape index (κ2) is 5.07. The summed E-state index contributed by atoms with van der Waals surface area (Å²) in [6.07, 6.45) is 1.35. The molecule has 1 aliphatic rings. The van der Waals surface area contributed by atoms with Crippen LogP contribution in [0.25, 0.3) is 0 Å². The Kier molecular flexibility index (Phi) is 3.69. The van der Waals surface area contributed by atoms with Crippen LogP contribution in [0.4, 0.5) is 0 Å². The van der Waals surface area contributed by atoms with Gasteiger partial charge in [-0.05, 0) is 24.1 Å². The number of amides is 1. The van der Waals surface area contributed by atoms with Gasteiger partial charge in [0.25, 0.3) is 0 Å². The molecule has 2 rings (SSSR count). The Labute approximate surface area is 107 Å². The van der Waals surface area contributed by atoms with E-state index in [9.17, 15) is 4.79 Å². The molecule has 3 nitrogen and oxygen atoms in total. The third-order valence-electron chi connectivity index (χ3n) is 3.21. The number of likely N-dealkylation sites (tertiary alicyclic amines) is 1. The molecule has 2 N–H and O–H groups in total. The van der Waals surface area contributed by atoms with Gasteiger partial charge in [-0.1, -0.05) is 30.7 Å². The molecule has 1 amide bonds. The summed E-state index contributed by atoms with van der Waals surface area (Å²) in [6.45, 7) is 2.73. The highest BCUT2D eigenvalue weighted by Gasteiger charge is 2.32. The van der Waals surface area contributed by atoms with Crippen molar-refractivity contribution in [1.82, 2.24) is 4.90 Å². The van der Waals surface area contributed by atoms with E-state index < -0.39 is 0 Å². The van der Waals surface area contributed by atoms with Gasteiger partial charge in [0, 0.05) is 24.0 Å². The molecule has 92 valence electrons. The molecule has 1 saturated heterocycles. The summed E-state index contributed by atoms with van der Waals surface area (Å²) < 4.78 is 0. The predicted molar refractivity (Wildman–Crippen MR) is 68.8 cm³/mol. The van der Waals surface area contributed by atoms with Crippen molar-refractivity contribution in [2.45, 2.75) is 31.8 Å². The summed E-state index contributed by atoms with van der Waals surface area (Å²) in [7, 11) is 0. The molecule has 0 radical (unpaired) electrons. The molecular weight excluding hydrogens is 236 g/mol. The van der Waals surface area contributed by atoms with Crippen LogP contribution in [-0.2, 0) is 4.79 Å². The lowest BCUT2D eigenvalue weighted by Crippen LogP contribution is -2.32. The summed E-state index contributed by atoms with van der Waals surface area (Å²) in [5.41, 5.74) is 6.95. The SMILES string of the molecule is CCC(c1ccc(Cl)cc1)N1CC(N)CC1=O. The van der Waals surface area contributed by atoms with E-state index in [1.807, 2.05) is 29.2 Å². The number of halogens is 1. The molecule has 1 aromatic carbocycles. The fourth-order valence-electron chi connectivity index (χ4n) is 2.38. The Morgan fingerprint density at radius 3 is 2.59 bits per heavy atom. The number of carbonyl (C=O) groups is 1. The van der Waals surface area contributed by atoms with Crippen molar-refractivity contribution in [1.29, 1.82) is 0 Å². The largest absolute Gasteiger partial charge is 0.334 e. The average Bonchev–Trinajstić information content (AvgIpc) is 2.62. The predicted octanol–water partition coefficient (Wildman–Crippen LogP) is 2.35. The minimum atomic E-state index is -0.0242. The van der Waals surface area contributed by atoms with Crippen LogP contribution in [-0.4, -0.2) is 23.4 Å². The van der Waals surface area contributed by atoms with Gasteiger partial charge in [0.2, 0.25) is 5.91 Å². The van der Waals surface area contributed by atoms with Crippen molar-refractivity contribution < 1.29 is 4.79 Å². The van der Waals surface area contributed by atoms with E-state index in [4.69, 9.17) is 17.3 Å². The molecule has 1 aliphatic heterocycles. The van der Waals surface area contributed by atoms with Crippen LogP contribution < -0.4 is 5.73 Å². The molecule has 0 saturated carbocycles. The van der Waals surface area contributed by atoms with Crippen LogP contribution in [0.2, 0.25) is 5.02 Å². The molecular formula is C13H17ClN2O. The maximum atomic E-state index is 11.8. The maximum absolute atomic E-state index is 11.8. The van der Waals surface area contributed by atoms with Gasteiger partial charge < -0.3 is 10.6 Å². The van der Waals surface area contributed by atoms with Crippen LogP contribution in [0.15, 0.2) is 24.3 Å². The van der Waals surface area contributed by atoms with Gasteiger partial charge in [-0.15, -0.1) is 0 Å². The highest BCUT2D eigenvalue weighted by Crippen LogP contribution is 2.29. The molecule has 2 unspecified atom stereocenters. The zero-order valence-electron chi connectivity index (χ0n) is 9.90. The molecule has 0 bridgehead atoms. The molecule has 0 spiro atoms. The highest BCUT2D eigenvalue weighted by molar-refractivity contribution is 6.30. The third kappa shape index (κ3) is 2.61. The Balaban J connectivity index is 2.21. The monoisotopic (exact) mass is 252 g/mol. The van der Waals surface area contributed by atoms with Crippen molar-refractivity contribution in [3.05, 3.63) is 34.9 Å². The Morgan fingerprint density at radius 2 is 2.12 bits per heavy atom. The zero-order valence-corrected chi connectivity index (χ0v) is 10.7. The number of carbonyl (C=O) groups excluding carboxylic acids is 1. The van der Waals surface area contributed by atoms with Gasteiger partial charge >= 0.3 is 0 Å². The van der Waals surface area contributed by atoms with Gasteiger partial charge in [0.15, 0.2) is 0 Å². The summed E-state index contributed by atoms with van der Waals surface area (Å²) in [4.78, 5) is 13.7. The van der Waals surface area contributed by atoms with Crippen molar-refractivity contribution in [3.8, 4) is 0 Å². The molecule has 1 fully saturated rings. The van der Waals surface area contributed by atoms with Gasteiger partial charge in [0.05, 0.1) is 6.04 Å². The number of nitrogens with two attached hydrogens (primary N) is 1. The summed E-state index contributed by atoms with van der Waals surface area (Å²) in [5.74, 6) is 0.152. The van der Waals surface area contributed by atoms with Gasteiger partial charge in [0.1, 0.15) is 0 Å². The normalized spacial score (nSPS) is 21.9. The van der Waals surface area contributed by atoms with E-state index in [1.165, 1.54) is 0 Å². The Morgan fingerprint density at radius 1 is 1.47 bits per heavy atom. The highest BCUT2D eigenvalue weighted by atomic mass is 35.5. The first kappa shape index (κ1) is 12.4. The van der Waals surface area contributed by atoms with E-state index in [1.54, 1.807) is 0 Å². The van der Waals surface area contributed by atoms with Gasteiger partial charge in [-0.25, -0.2) is 0 Å². The van der Waals surface area contributed by atoms with E-state index in [0.717, 1.165) is 12.0 Å². The van der Waals surface area contributed by atoms with Crippen molar-refractivity contribution in [2.75, 3.05) is 6.54 Å². The fourth-order valence-corrected chi connectivity index (χ4v) is 2.51. The number of nitrogens with zero attached hydrogens (tertiary/aromatic N) is 1. The lowest BCUT2D eigenvalue weighted by atomic mass is 10.0. The van der Waals surface area contributed by atoms with Gasteiger partial charge in [-0.2, -0.15) is 0 Å². The van der Waals surface area contributed by atoms with Crippen molar-refractivity contribution >= 4 is 17.5 Å². The quantitative estimate of drug-likeness (QED) is 0.898. The fraction of sp³-hybridized carbons (Fsp3) is 0.462. The average molecular weight is 253 g/mol. The molecule has 4 heteroatoms. The van der Waals surface area contributed by atoms with E-state index in [0.29, 0.717) is 18.0 Å². The minimum absolute atomic E-state index is 0.0242. The second-order valence-corrected chi connectivity index (χ2v) is 4.92. The number of benzene rings is 1. The first-order valence-electron chi connectivity index (χ1n) is 5.92. The van der Waals surface area contributed by atoms with Crippen molar-refractivity contribution in [3.63, 3.8) is 0 Å². The lowest BCUT2D eigenvalue weighted by Gasteiger charge is -2.27.